The zero-order valence-corrected chi connectivity index (χ0v) is 9.46. The van der Waals surface area contributed by atoms with Crippen molar-refractivity contribution in [1.29, 1.82) is 0 Å². The molecule has 0 saturated carbocycles. The Morgan fingerprint density at radius 3 is 2.94 bits per heavy atom. The first kappa shape index (κ1) is 13.1. The molecule has 0 aliphatic carbocycles. The summed E-state index contributed by atoms with van der Waals surface area (Å²) in [6.45, 7) is 1.69. The Hall–Kier alpha value is -0.970. The van der Waals surface area contributed by atoms with Crippen LogP contribution in [0, 0.1) is 5.41 Å². The van der Waals surface area contributed by atoms with Crippen molar-refractivity contribution >= 4 is 11.8 Å². The number of hydrogen-bond acceptors (Lipinski definition) is 4. The summed E-state index contributed by atoms with van der Waals surface area (Å²) >= 11 is 0. The van der Waals surface area contributed by atoms with E-state index in [0.717, 1.165) is 0 Å². The van der Waals surface area contributed by atoms with E-state index in [-0.39, 0.29) is 38.3 Å². The van der Waals surface area contributed by atoms with Crippen LogP contribution in [-0.4, -0.2) is 38.2 Å². The van der Waals surface area contributed by atoms with Crippen molar-refractivity contribution in [3.63, 3.8) is 0 Å². The Morgan fingerprint density at radius 1 is 1.62 bits per heavy atom. The fraction of sp³-hybridized carbons (Fsp3) is 0.818. The minimum Gasteiger partial charge on any atom is -0.465 e. The molecule has 0 radical (unpaired) electrons. The van der Waals surface area contributed by atoms with Crippen molar-refractivity contribution in [1.82, 2.24) is 0 Å². The lowest BCUT2D eigenvalue weighted by molar-refractivity contribution is -0.169. The molecule has 92 valence electrons. The molecule has 1 saturated heterocycles. The smallest absolute Gasteiger partial charge is 0.322 e. The number of hydrogen-bond donors (Lipinski definition) is 0. The summed E-state index contributed by atoms with van der Waals surface area (Å²) in [7, 11) is 0. The van der Waals surface area contributed by atoms with E-state index in [2.05, 4.69) is 0 Å². The molecule has 0 amide bonds. The van der Waals surface area contributed by atoms with Gasteiger partial charge < -0.3 is 9.47 Å². The van der Waals surface area contributed by atoms with Crippen molar-refractivity contribution in [3.05, 3.63) is 0 Å². The van der Waals surface area contributed by atoms with E-state index in [1.807, 2.05) is 0 Å². The fourth-order valence-corrected chi connectivity index (χ4v) is 1.86. The molecule has 1 fully saturated rings. The predicted molar refractivity (Wildman–Crippen MR) is 54.7 cm³/mol. The molecule has 1 aliphatic heterocycles. The van der Waals surface area contributed by atoms with Crippen LogP contribution in [0.25, 0.3) is 0 Å². The van der Waals surface area contributed by atoms with Gasteiger partial charge in [0.2, 0.25) is 0 Å². The van der Waals surface area contributed by atoms with Gasteiger partial charge in [0.1, 0.15) is 5.41 Å². The highest BCUT2D eigenvalue weighted by Crippen LogP contribution is 2.32. The maximum Gasteiger partial charge on any atom is 0.322 e. The van der Waals surface area contributed by atoms with Crippen LogP contribution in [0.4, 0.5) is 4.39 Å². The summed E-state index contributed by atoms with van der Waals surface area (Å²) in [6.07, 6.45) is 0.542. The third kappa shape index (κ3) is 2.58. The molecule has 1 aliphatic rings. The number of ether oxygens (including phenoxy) is 2. The predicted octanol–water partition coefficient (Wildman–Crippen LogP) is 1.27. The van der Waals surface area contributed by atoms with Crippen molar-refractivity contribution in [2.45, 2.75) is 26.2 Å². The number of esters is 1. The third-order valence-corrected chi connectivity index (χ3v) is 2.76. The van der Waals surface area contributed by atoms with Crippen LogP contribution in [0.3, 0.4) is 0 Å². The number of ketones is 1. The second-order valence-electron chi connectivity index (χ2n) is 3.82. The molecular formula is C11H17FO4. The lowest BCUT2D eigenvalue weighted by Crippen LogP contribution is -2.48. The topological polar surface area (TPSA) is 52.6 Å². The van der Waals surface area contributed by atoms with Crippen molar-refractivity contribution in [2.24, 2.45) is 5.41 Å². The van der Waals surface area contributed by atoms with Crippen molar-refractivity contribution in [2.75, 3.05) is 26.5 Å². The summed E-state index contributed by atoms with van der Waals surface area (Å²) in [4.78, 5) is 23.6. The second-order valence-corrected chi connectivity index (χ2v) is 3.82. The molecule has 1 heterocycles. The molecule has 0 bridgehead atoms. The third-order valence-electron chi connectivity index (χ3n) is 2.76. The van der Waals surface area contributed by atoms with E-state index in [0.29, 0.717) is 6.61 Å². The van der Waals surface area contributed by atoms with Crippen LogP contribution in [0.15, 0.2) is 0 Å². The van der Waals surface area contributed by atoms with Crippen LogP contribution in [0.2, 0.25) is 0 Å². The maximum atomic E-state index is 12.2. The molecule has 1 rings (SSSR count). The number of alkyl halides is 1. The monoisotopic (exact) mass is 232 g/mol. The first-order valence-corrected chi connectivity index (χ1v) is 5.51. The number of rotatable bonds is 5. The number of Topliss-reactive ketones (excluding diaryl/α,β-unsaturated/α-hetero) is 1. The molecule has 0 spiro atoms. The van der Waals surface area contributed by atoms with E-state index in [1.54, 1.807) is 6.92 Å². The zero-order valence-electron chi connectivity index (χ0n) is 9.46. The van der Waals surface area contributed by atoms with E-state index < -0.39 is 18.1 Å². The Labute approximate surface area is 94.1 Å². The Bertz CT molecular complexity index is 267. The molecule has 0 aromatic heterocycles. The molecule has 5 heteroatoms. The van der Waals surface area contributed by atoms with Gasteiger partial charge in [-0.05, 0) is 19.8 Å². The van der Waals surface area contributed by atoms with Gasteiger partial charge in [-0.2, -0.15) is 0 Å². The first-order chi connectivity index (χ1) is 7.67. The Kier molecular flexibility index (Phi) is 4.86. The van der Waals surface area contributed by atoms with Crippen LogP contribution in [-0.2, 0) is 19.1 Å². The van der Waals surface area contributed by atoms with E-state index in [9.17, 15) is 14.0 Å². The van der Waals surface area contributed by atoms with Crippen LogP contribution in [0.5, 0.6) is 0 Å². The van der Waals surface area contributed by atoms with Gasteiger partial charge in [-0.15, -0.1) is 0 Å². The number of halogens is 1. The lowest BCUT2D eigenvalue weighted by atomic mass is 9.77. The van der Waals surface area contributed by atoms with Gasteiger partial charge in [0.15, 0.2) is 5.78 Å². The standard InChI is InChI=1S/C11H17FO4/c1-2-16-10(14)11(5-3-6-12)8-15-7-4-9(11)13/h2-8H2,1H3. The van der Waals surface area contributed by atoms with Gasteiger partial charge in [0, 0.05) is 6.42 Å². The van der Waals surface area contributed by atoms with Crippen LogP contribution in [0.1, 0.15) is 26.2 Å². The molecular weight excluding hydrogens is 215 g/mol. The van der Waals surface area contributed by atoms with E-state index in [4.69, 9.17) is 9.47 Å². The second kappa shape index (κ2) is 5.94. The van der Waals surface area contributed by atoms with Gasteiger partial charge in [0.05, 0.1) is 26.5 Å². The Morgan fingerprint density at radius 2 is 2.38 bits per heavy atom. The average molecular weight is 232 g/mol. The van der Waals surface area contributed by atoms with Crippen LogP contribution < -0.4 is 0 Å². The highest BCUT2D eigenvalue weighted by molar-refractivity contribution is 6.04. The number of carbonyl (C=O) groups is 2. The molecule has 0 aromatic carbocycles. The molecule has 0 aromatic rings. The zero-order chi connectivity index (χ0) is 12.0. The quantitative estimate of drug-likeness (QED) is 0.529. The van der Waals surface area contributed by atoms with Crippen molar-refractivity contribution in [3.8, 4) is 0 Å². The van der Waals surface area contributed by atoms with E-state index in [1.165, 1.54) is 0 Å². The summed E-state index contributed by atoms with van der Waals surface area (Å²) in [5, 5.41) is 0. The maximum absolute atomic E-state index is 12.2. The number of carbonyl (C=O) groups excluding carboxylic acids is 2. The van der Waals surface area contributed by atoms with Gasteiger partial charge >= 0.3 is 5.97 Å². The fourth-order valence-electron chi connectivity index (χ4n) is 1.86. The molecule has 1 atom stereocenters. The normalized spacial score (nSPS) is 25.5. The summed E-state index contributed by atoms with van der Waals surface area (Å²) in [5.41, 5.74) is -1.26. The van der Waals surface area contributed by atoms with Gasteiger partial charge in [0.25, 0.3) is 0 Å². The highest BCUT2D eigenvalue weighted by Gasteiger charge is 2.48. The lowest BCUT2D eigenvalue weighted by Gasteiger charge is -2.32. The molecule has 1 unspecified atom stereocenters. The van der Waals surface area contributed by atoms with Crippen molar-refractivity contribution < 1.29 is 23.5 Å². The average Bonchev–Trinajstić information content (AvgIpc) is 2.28. The van der Waals surface area contributed by atoms with Gasteiger partial charge in [-0.1, -0.05) is 0 Å². The minimum atomic E-state index is -1.26. The molecule has 0 N–H and O–H groups in total. The Balaban J connectivity index is 2.81. The first-order valence-electron chi connectivity index (χ1n) is 5.51. The van der Waals surface area contributed by atoms with E-state index >= 15 is 0 Å². The minimum absolute atomic E-state index is 0.0185. The summed E-state index contributed by atoms with van der Waals surface area (Å²) in [6, 6.07) is 0. The largest absolute Gasteiger partial charge is 0.465 e. The highest BCUT2D eigenvalue weighted by atomic mass is 19.1. The summed E-state index contributed by atoms with van der Waals surface area (Å²) in [5.74, 6) is -0.765. The molecule has 16 heavy (non-hydrogen) atoms. The van der Waals surface area contributed by atoms with Gasteiger partial charge in [-0.25, -0.2) is 0 Å². The SMILES string of the molecule is CCOC(=O)C1(CCCF)COCCC1=O. The van der Waals surface area contributed by atoms with Gasteiger partial charge in [-0.3, -0.25) is 14.0 Å². The summed E-state index contributed by atoms with van der Waals surface area (Å²) < 4.78 is 22.3. The molecule has 4 nitrogen and oxygen atoms in total. The van der Waals surface area contributed by atoms with Crippen LogP contribution >= 0.6 is 0 Å².